The Kier molecular flexibility index (Phi) is 4.38. The third-order valence-corrected chi connectivity index (χ3v) is 3.37. The van der Waals surface area contributed by atoms with Crippen LogP contribution in [0.25, 0.3) is 10.6 Å². The molecular weight excluding hydrogens is 282 g/mol. The Balaban J connectivity index is 2.16. The van der Waals surface area contributed by atoms with Crippen LogP contribution in [-0.2, 0) is 4.84 Å². The van der Waals surface area contributed by atoms with Crippen LogP contribution in [0.2, 0.25) is 0 Å². The Morgan fingerprint density at radius 1 is 1.45 bits per heavy atom. The number of aromatic nitrogens is 1. The highest BCUT2D eigenvalue weighted by atomic mass is 32.1. The van der Waals surface area contributed by atoms with Crippen LogP contribution >= 0.6 is 11.3 Å². The van der Waals surface area contributed by atoms with Gasteiger partial charge in [-0.1, -0.05) is 0 Å². The van der Waals surface area contributed by atoms with E-state index in [4.69, 9.17) is 4.84 Å². The first-order valence-electron chi connectivity index (χ1n) is 5.76. The number of hydrogen-bond donors (Lipinski definition) is 1. The molecular formula is C12H11N3O4S. The van der Waals surface area contributed by atoms with Crippen molar-refractivity contribution in [2.45, 2.75) is 6.92 Å². The highest BCUT2D eigenvalue weighted by Gasteiger charge is 2.14. The van der Waals surface area contributed by atoms with Gasteiger partial charge in [0.05, 0.1) is 11.1 Å². The maximum Gasteiger partial charge on any atom is 0.368 e. The van der Waals surface area contributed by atoms with Gasteiger partial charge in [0.2, 0.25) is 0 Å². The smallest absolute Gasteiger partial charge is 0.366 e. The first kappa shape index (κ1) is 14.1. The van der Waals surface area contributed by atoms with Crippen molar-refractivity contribution in [2.24, 2.45) is 0 Å². The minimum Gasteiger partial charge on any atom is -0.366 e. The minimum atomic E-state index is -0.502. The quantitative estimate of drug-likeness (QED) is 0.672. The molecule has 7 nitrogen and oxygen atoms in total. The molecule has 0 radical (unpaired) electrons. The second-order valence-corrected chi connectivity index (χ2v) is 4.75. The second-order valence-electron chi connectivity index (χ2n) is 3.72. The molecule has 1 aromatic heterocycles. The van der Waals surface area contributed by atoms with Gasteiger partial charge in [0.15, 0.2) is 0 Å². The van der Waals surface area contributed by atoms with Crippen LogP contribution in [0.4, 0.5) is 5.69 Å². The van der Waals surface area contributed by atoms with E-state index in [9.17, 15) is 14.9 Å². The van der Waals surface area contributed by atoms with Crippen LogP contribution in [0.5, 0.6) is 0 Å². The maximum absolute atomic E-state index is 11.6. The molecule has 1 aromatic carbocycles. The van der Waals surface area contributed by atoms with E-state index in [1.54, 1.807) is 12.1 Å². The number of nitro benzene ring substituents is 1. The van der Waals surface area contributed by atoms with Gasteiger partial charge >= 0.3 is 5.97 Å². The predicted molar refractivity (Wildman–Crippen MR) is 73.3 cm³/mol. The van der Waals surface area contributed by atoms with Crippen LogP contribution in [0.3, 0.4) is 0 Å². The van der Waals surface area contributed by atoms with E-state index in [-0.39, 0.29) is 5.69 Å². The molecule has 0 bridgehead atoms. The van der Waals surface area contributed by atoms with Gasteiger partial charge < -0.3 is 4.84 Å². The lowest BCUT2D eigenvalue weighted by atomic mass is 10.2. The van der Waals surface area contributed by atoms with Crippen molar-refractivity contribution in [1.29, 1.82) is 0 Å². The summed E-state index contributed by atoms with van der Waals surface area (Å²) in [5.41, 5.74) is 3.19. The number of benzene rings is 1. The molecule has 0 saturated carbocycles. The first-order chi connectivity index (χ1) is 9.61. The molecule has 0 aliphatic rings. The van der Waals surface area contributed by atoms with Gasteiger partial charge in [0.25, 0.3) is 5.69 Å². The van der Waals surface area contributed by atoms with E-state index in [1.165, 1.54) is 18.3 Å². The summed E-state index contributed by atoms with van der Waals surface area (Å²) >= 11 is 1.16. The third kappa shape index (κ3) is 3.16. The third-order valence-electron chi connectivity index (χ3n) is 2.34. The number of nitro groups is 1. The number of nitrogens with one attached hydrogen (secondary N) is 1. The summed E-state index contributed by atoms with van der Waals surface area (Å²) in [6.07, 6.45) is 1.42. The molecule has 0 aliphatic heterocycles. The standard InChI is InChI=1S/C12H11N3O4S/c1-2-14-19-12(16)10-7-13-11(20-10)8-3-5-9(6-4-8)15(17)18/h3-7,14H,2H2,1H3. The van der Waals surface area contributed by atoms with Crippen LogP contribution in [0, 0.1) is 10.1 Å². The summed E-state index contributed by atoms with van der Waals surface area (Å²) in [7, 11) is 0. The van der Waals surface area contributed by atoms with Gasteiger partial charge in [0.1, 0.15) is 9.88 Å². The van der Waals surface area contributed by atoms with Gasteiger partial charge in [-0.2, -0.15) is 5.48 Å². The van der Waals surface area contributed by atoms with Crippen molar-refractivity contribution in [3.8, 4) is 10.6 Å². The lowest BCUT2D eigenvalue weighted by Crippen LogP contribution is -2.18. The van der Waals surface area contributed by atoms with E-state index in [0.717, 1.165) is 11.3 Å². The van der Waals surface area contributed by atoms with Gasteiger partial charge in [-0.15, -0.1) is 11.3 Å². The molecule has 8 heteroatoms. The zero-order chi connectivity index (χ0) is 14.5. The molecule has 2 aromatic rings. The fourth-order valence-corrected chi connectivity index (χ4v) is 2.21. The van der Waals surface area contributed by atoms with Crippen LogP contribution < -0.4 is 5.48 Å². The largest absolute Gasteiger partial charge is 0.368 e. The molecule has 0 spiro atoms. The number of hydroxylamine groups is 1. The van der Waals surface area contributed by atoms with Gasteiger partial charge in [-0.25, -0.2) is 9.78 Å². The minimum absolute atomic E-state index is 0.0112. The van der Waals surface area contributed by atoms with Crippen molar-refractivity contribution in [2.75, 3.05) is 6.54 Å². The van der Waals surface area contributed by atoms with E-state index < -0.39 is 10.9 Å². The molecule has 1 heterocycles. The Morgan fingerprint density at radius 3 is 2.75 bits per heavy atom. The number of non-ortho nitro benzene ring substituents is 1. The second kappa shape index (κ2) is 6.22. The average Bonchev–Trinajstić information content (AvgIpc) is 2.94. The van der Waals surface area contributed by atoms with Gasteiger partial charge in [-0.05, 0) is 19.1 Å². The average molecular weight is 293 g/mol. The normalized spacial score (nSPS) is 10.2. The Labute approximate surface area is 118 Å². The van der Waals surface area contributed by atoms with Crippen LogP contribution in [-0.4, -0.2) is 22.4 Å². The molecule has 0 atom stereocenters. The monoisotopic (exact) mass is 293 g/mol. The van der Waals surface area contributed by atoms with Crippen molar-refractivity contribution < 1.29 is 14.6 Å². The molecule has 1 N–H and O–H groups in total. The van der Waals surface area contributed by atoms with Crippen molar-refractivity contribution in [3.05, 3.63) is 45.5 Å². The first-order valence-corrected chi connectivity index (χ1v) is 6.58. The number of nitrogens with zero attached hydrogens (tertiary/aromatic N) is 2. The molecule has 104 valence electrons. The van der Waals surface area contributed by atoms with Crippen LogP contribution in [0.1, 0.15) is 16.6 Å². The number of carbonyl (C=O) groups is 1. The zero-order valence-electron chi connectivity index (χ0n) is 10.5. The summed E-state index contributed by atoms with van der Waals surface area (Å²) in [4.78, 5) is 30.9. The van der Waals surface area contributed by atoms with E-state index in [1.807, 2.05) is 6.92 Å². The van der Waals surface area contributed by atoms with Crippen molar-refractivity contribution in [1.82, 2.24) is 10.5 Å². The molecule has 0 fully saturated rings. The molecule has 2 rings (SSSR count). The Hall–Kier alpha value is -2.32. The lowest BCUT2D eigenvalue weighted by molar-refractivity contribution is -0.384. The Morgan fingerprint density at radius 2 is 2.15 bits per heavy atom. The highest BCUT2D eigenvalue weighted by molar-refractivity contribution is 7.16. The maximum atomic E-state index is 11.6. The topological polar surface area (TPSA) is 94.4 Å². The fourth-order valence-electron chi connectivity index (χ4n) is 1.42. The van der Waals surface area contributed by atoms with Crippen LogP contribution in [0.15, 0.2) is 30.5 Å². The zero-order valence-corrected chi connectivity index (χ0v) is 11.3. The number of thiazole rings is 1. The summed E-state index contributed by atoms with van der Waals surface area (Å²) in [5.74, 6) is -0.502. The summed E-state index contributed by atoms with van der Waals surface area (Å²) in [6, 6.07) is 5.98. The van der Waals surface area contributed by atoms with E-state index in [2.05, 4.69) is 10.5 Å². The molecule has 0 aliphatic carbocycles. The Bertz CT molecular complexity index is 624. The predicted octanol–water partition coefficient (Wildman–Crippen LogP) is 2.40. The molecule has 20 heavy (non-hydrogen) atoms. The number of carbonyl (C=O) groups excluding carboxylic acids is 1. The van der Waals surface area contributed by atoms with Gasteiger partial charge in [-0.3, -0.25) is 10.1 Å². The highest BCUT2D eigenvalue weighted by Crippen LogP contribution is 2.27. The fraction of sp³-hybridized carbons (Fsp3) is 0.167. The van der Waals surface area contributed by atoms with Crippen molar-refractivity contribution >= 4 is 23.0 Å². The summed E-state index contributed by atoms with van der Waals surface area (Å²) in [6.45, 7) is 2.32. The SMILES string of the molecule is CCNOC(=O)c1cnc(-c2ccc([N+](=O)[O-])cc2)s1. The van der Waals surface area contributed by atoms with E-state index >= 15 is 0 Å². The van der Waals surface area contributed by atoms with E-state index in [0.29, 0.717) is 22.0 Å². The van der Waals surface area contributed by atoms with Gasteiger partial charge in [0, 0.05) is 24.2 Å². The summed E-state index contributed by atoms with van der Waals surface area (Å²) < 4.78 is 0. The summed E-state index contributed by atoms with van der Waals surface area (Å²) in [5, 5.41) is 11.2. The molecule has 0 saturated heterocycles. The molecule has 0 unspecified atom stereocenters. The lowest BCUT2D eigenvalue weighted by Gasteiger charge is -1.99. The molecule has 0 amide bonds. The number of rotatable bonds is 5. The number of hydrogen-bond acceptors (Lipinski definition) is 7. The van der Waals surface area contributed by atoms with Crippen molar-refractivity contribution in [3.63, 3.8) is 0 Å².